The van der Waals surface area contributed by atoms with E-state index in [0.29, 0.717) is 25.9 Å². The minimum atomic E-state index is -0.267. The first kappa shape index (κ1) is 26.2. The number of carbonyl (C=O) groups is 2. The molecule has 2 rings (SSSR count). The Hall–Kier alpha value is -2.03. The summed E-state index contributed by atoms with van der Waals surface area (Å²) in [5.41, 5.74) is 7.09. The highest BCUT2D eigenvalue weighted by atomic mass is 32.2. The van der Waals surface area contributed by atoms with Gasteiger partial charge in [0.2, 0.25) is 5.91 Å². The third-order valence-corrected chi connectivity index (χ3v) is 7.62. The van der Waals surface area contributed by atoms with E-state index in [4.69, 9.17) is 5.73 Å². The Labute approximate surface area is 200 Å². The van der Waals surface area contributed by atoms with Crippen molar-refractivity contribution in [3.63, 3.8) is 0 Å². The number of thioether (sulfide) groups is 2. The van der Waals surface area contributed by atoms with E-state index < -0.39 is 0 Å². The molecule has 1 aliphatic heterocycles. The SMILES string of the molecule is C/C=C\C=N/C(C)NCS/C(=C\C)Sc1ccc(C)c(C(=O)N2CCC(C(N)=O)CC2)c1. The van der Waals surface area contributed by atoms with Crippen molar-refractivity contribution < 1.29 is 9.59 Å². The van der Waals surface area contributed by atoms with Gasteiger partial charge in [0.1, 0.15) is 0 Å². The van der Waals surface area contributed by atoms with Gasteiger partial charge in [0.25, 0.3) is 5.91 Å². The average Bonchev–Trinajstić information content (AvgIpc) is 2.79. The van der Waals surface area contributed by atoms with E-state index in [1.165, 1.54) is 0 Å². The predicted molar refractivity (Wildman–Crippen MR) is 137 cm³/mol. The van der Waals surface area contributed by atoms with Gasteiger partial charge in [-0.2, -0.15) is 0 Å². The maximum absolute atomic E-state index is 13.1. The van der Waals surface area contributed by atoms with Gasteiger partial charge in [0, 0.05) is 45.8 Å². The molecule has 32 heavy (non-hydrogen) atoms. The number of nitrogens with two attached hydrogens (primary N) is 1. The number of likely N-dealkylation sites (tertiary alicyclic amines) is 1. The molecule has 1 heterocycles. The molecule has 0 saturated carbocycles. The molecule has 0 bridgehead atoms. The molecule has 6 nitrogen and oxygen atoms in total. The van der Waals surface area contributed by atoms with Crippen LogP contribution in [0, 0.1) is 12.8 Å². The molecule has 0 spiro atoms. The molecule has 8 heteroatoms. The van der Waals surface area contributed by atoms with Gasteiger partial charge in [-0.3, -0.25) is 19.9 Å². The number of nitrogens with zero attached hydrogens (tertiary/aromatic N) is 2. The molecule has 1 saturated heterocycles. The van der Waals surface area contributed by atoms with Crippen LogP contribution in [0.4, 0.5) is 0 Å². The number of aryl methyl sites for hydroxylation is 1. The number of nitrogens with one attached hydrogen (secondary N) is 1. The van der Waals surface area contributed by atoms with Crippen molar-refractivity contribution in [1.82, 2.24) is 10.2 Å². The number of aliphatic imine (C=N–C) groups is 1. The zero-order chi connectivity index (χ0) is 23.5. The molecule has 3 N–H and O–H groups in total. The molecule has 1 unspecified atom stereocenters. The number of benzene rings is 1. The smallest absolute Gasteiger partial charge is 0.254 e. The van der Waals surface area contributed by atoms with Crippen LogP contribution < -0.4 is 11.1 Å². The quantitative estimate of drug-likeness (QED) is 0.295. The lowest BCUT2D eigenvalue weighted by atomic mass is 9.95. The second kappa shape index (κ2) is 13.5. The lowest BCUT2D eigenvalue weighted by Gasteiger charge is -2.31. The van der Waals surface area contributed by atoms with Gasteiger partial charge in [-0.05, 0) is 64.3 Å². The minimum Gasteiger partial charge on any atom is -0.369 e. The highest BCUT2D eigenvalue weighted by molar-refractivity contribution is 8.22. The first-order valence-electron chi connectivity index (χ1n) is 10.9. The fraction of sp³-hybridized carbons (Fsp3) is 0.458. The number of allylic oxidation sites excluding steroid dienone is 3. The average molecular weight is 475 g/mol. The molecular formula is C24H34N4O2S2. The minimum absolute atomic E-state index is 0.0250. The first-order chi connectivity index (χ1) is 15.3. The van der Waals surface area contributed by atoms with Gasteiger partial charge in [0.15, 0.2) is 0 Å². The molecular weight excluding hydrogens is 440 g/mol. The van der Waals surface area contributed by atoms with Crippen molar-refractivity contribution in [3.8, 4) is 0 Å². The lowest BCUT2D eigenvalue weighted by molar-refractivity contribution is -0.123. The molecule has 0 aromatic heterocycles. The summed E-state index contributed by atoms with van der Waals surface area (Å²) in [6, 6.07) is 6.03. The first-order valence-corrected chi connectivity index (χ1v) is 12.7. The van der Waals surface area contributed by atoms with Crippen LogP contribution in [0.5, 0.6) is 0 Å². The summed E-state index contributed by atoms with van der Waals surface area (Å²) in [7, 11) is 0. The molecule has 1 fully saturated rings. The van der Waals surface area contributed by atoms with Gasteiger partial charge in [-0.1, -0.05) is 30.0 Å². The summed E-state index contributed by atoms with van der Waals surface area (Å²) in [4.78, 5) is 31.8. The molecule has 174 valence electrons. The van der Waals surface area contributed by atoms with Crippen molar-refractivity contribution in [2.45, 2.75) is 51.6 Å². The van der Waals surface area contributed by atoms with Gasteiger partial charge in [-0.15, -0.1) is 11.8 Å². The molecule has 1 atom stereocenters. The van der Waals surface area contributed by atoms with E-state index in [9.17, 15) is 9.59 Å². The van der Waals surface area contributed by atoms with Crippen LogP contribution in [-0.2, 0) is 4.79 Å². The number of carbonyl (C=O) groups excluding carboxylic acids is 2. The standard InChI is InChI=1S/C24H34N4O2S2/c1-5-7-12-26-18(4)27-16-31-22(6-2)32-20-9-8-17(3)21(15-20)24(30)28-13-10-19(11-14-28)23(25)29/h5-9,12,15,18-19,27H,10-11,13-14,16H2,1-4H3,(H2,25,29)/b7-5-,22-6+,26-12-. The summed E-state index contributed by atoms with van der Waals surface area (Å²) in [6.45, 7) is 9.10. The topological polar surface area (TPSA) is 87.8 Å². The van der Waals surface area contributed by atoms with E-state index in [0.717, 1.165) is 26.1 Å². The Balaban J connectivity index is 1.96. The second-order valence-electron chi connectivity index (χ2n) is 7.65. The molecule has 1 aromatic carbocycles. The van der Waals surface area contributed by atoms with Gasteiger partial charge >= 0.3 is 0 Å². The summed E-state index contributed by atoms with van der Waals surface area (Å²) in [5.74, 6) is 0.378. The highest BCUT2D eigenvalue weighted by Gasteiger charge is 2.27. The Morgan fingerprint density at radius 2 is 2.03 bits per heavy atom. The largest absolute Gasteiger partial charge is 0.369 e. The van der Waals surface area contributed by atoms with E-state index >= 15 is 0 Å². The summed E-state index contributed by atoms with van der Waals surface area (Å²) in [5, 5.41) is 3.37. The fourth-order valence-electron chi connectivity index (χ4n) is 3.27. The fourth-order valence-corrected chi connectivity index (χ4v) is 5.27. The van der Waals surface area contributed by atoms with Crippen molar-refractivity contribution in [3.05, 3.63) is 51.8 Å². The van der Waals surface area contributed by atoms with Crippen molar-refractivity contribution in [1.29, 1.82) is 0 Å². The van der Waals surface area contributed by atoms with Gasteiger partial charge < -0.3 is 10.6 Å². The van der Waals surface area contributed by atoms with E-state index in [1.807, 2.05) is 56.9 Å². The Morgan fingerprint density at radius 1 is 1.31 bits per heavy atom. The van der Waals surface area contributed by atoms with Crippen molar-refractivity contribution >= 4 is 41.6 Å². The highest BCUT2D eigenvalue weighted by Crippen LogP contribution is 2.35. The monoisotopic (exact) mass is 474 g/mol. The second-order valence-corrected chi connectivity index (χ2v) is 10.0. The molecule has 1 aliphatic rings. The van der Waals surface area contributed by atoms with Crippen molar-refractivity contribution in [2.75, 3.05) is 19.0 Å². The van der Waals surface area contributed by atoms with E-state index in [-0.39, 0.29) is 23.9 Å². The summed E-state index contributed by atoms with van der Waals surface area (Å²) < 4.78 is 1.16. The van der Waals surface area contributed by atoms with Crippen LogP contribution in [0.25, 0.3) is 0 Å². The van der Waals surface area contributed by atoms with Gasteiger partial charge in [-0.25, -0.2) is 0 Å². The Kier molecular flexibility index (Phi) is 11.1. The van der Waals surface area contributed by atoms with Crippen LogP contribution >= 0.6 is 23.5 Å². The van der Waals surface area contributed by atoms with Crippen LogP contribution in [0.1, 0.15) is 49.5 Å². The molecule has 2 amide bonds. The number of hydrogen-bond donors (Lipinski definition) is 2. The number of hydrogen-bond acceptors (Lipinski definition) is 6. The van der Waals surface area contributed by atoms with E-state index in [1.54, 1.807) is 29.7 Å². The predicted octanol–water partition coefficient (Wildman–Crippen LogP) is 4.56. The number of primary amides is 1. The zero-order valence-electron chi connectivity index (χ0n) is 19.3. The molecule has 0 aliphatic carbocycles. The summed E-state index contributed by atoms with van der Waals surface area (Å²) in [6.07, 6.45) is 9.06. The van der Waals surface area contributed by atoms with Crippen LogP contribution in [-0.4, -0.2) is 48.1 Å². The Bertz CT molecular complexity index is 875. The van der Waals surface area contributed by atoms with Crippen LogP contribution in [0.2, 0.25) is 0 Å². The maximum Gasteiger partial charge on any atom is 0.254 e. The van der Waals surface area contributed by atoms with Gasteiger partial charge in [0.05, 0.1) is 6.17 Å². The number of rotatable bonds is 10. The zero-order valence-corrected chi connectivity index (χ0v) is 21.0. The summed E-state index contributed by atoms with van der Waals surface area (Å²) >= 11 is 3.37. The number of piperidine rings is 1. The van der Waals surface area contributed by atoms with E-state index in [2.05, 4.69) is 22.5 Å². The number of amides is 2. The normalized spacial score (nSPS) is 16.8. The third kappa shape index (κ3) is 8.15. The van der Waals surface area contributed by atoms with Crippen LogP contribution in [0.3, 0.4) is 0 Å². The van der Waals surface area contributed by atoms with Crippen molar-refractivity contribution in [2.24, 2.45) is 16.6 Å². The Morgan fingerprint density at radius 3 is 2.66 bits per heavy atom. The maximum atomic E-state index is 13.1. The lowest BCUT2D eigenvalue weighted by Crippen LogP contribution is -2.41. The molecule has 0 radical (unpaired) electrons. The molecule has 1 aromatic rings. The van der Waals surface area contributed by atoms with Crippen LogP contribution in [0.15, 0.2) is 50.6 Å². The third-order valence-electron chi connectivity index (χ3n) is 5.26.